The third-order valence-electron chi connectivity index (χ3n) is 2.28. The molecule has 0 aliphatic heterocycles. The van der Waals surface area contributed by atoms with Crippen molar-refractivity contribution in [2.75, 3.05) is 0 Å². The van der Waals surface area contributed by atoms with Crippen LogP contribution in [0.1, 0.15) is 15.9 Å². The summed E-state index contributed by atoms with van der Waals surface area (Å²) in [5, 5.41) is 0.473. The number of carbonyl (C=O) groups excluding carboxylic acids is 1. The van der Waals surface area contributed by atoms with Gasteiger partial charge in [-0.3, -0.25) is 4.79 Å². The number of carbonyl (C=O) groups is 1. The maximum Gasteiger partial charge on any atom is 0.196 e. The second-order valence-corrected chi connectivity index (χ2v) is 3.90. The molecule has 0 unspecified atom stereocenters. The van der Waals surface area contributed by atoms with E-state index in [1.165, 1.54) is 24.3 Å². The first-order chi connectivity index (χ1) is 8.08. The molecule has 0 aliphatic rings. The van der Waals surface area contributed by atoms with Crippen molar-refractivity contribution in [2.45, 2.75) is 0 Å². The Morgan fingerprint density at radius 2 is 1.65 bits per heavy atom. The highest BCUT2D eigenvalue weighted by atomic mass is 35.5. The lowest BCUT2D eigenvalue weighted by Gasteiger charge is -2.03. The third kappa shape index (κ3) is 2.50. The second-order valence-electron chi connectivity index (χ2n) is 3.46. The topological polar surface area (TPSA) is 17.1 Å². The van der Waals surface area contributed by atoms with Gasteiger partial charge in [0.15, 0.2) is 5.78 Å². The van der Waals surface area contributed by atoms with Crippen molar-refractivity contribution >= 4 is 17.4 Å². The summed E-state index contributed by atoms with van der Waals surface area (Å²) in [5.74, 6) is -1.96. The molecule has 2 rings (SSSR count). The maximum absolute atomic E-state index is 13.4. The van der Waals surface area contributed by atoms with Gasteiger partial charge >= 0.3 is 0 Å². The lowest BCUT2D eigenvalue weighted by Crippen LogP contribution is -2.04. The van der Waals surface area contributed by atoms with Crippen LogP contribution in [0.3, 0.4) is 0 Å². The summed E-state index contributed by atoms with van der Waals surface area (Å²) in [6.07, 6.45) is 0. The van der Waals surface area contributed by atoms with Gasteiger partial charge in [0.25, 0.3) is 0 Å². The number of halogens is 3. The summed E-state index contributed by atoms with van der Waals surface area (Å²) >= 11 is 5.67. The molecule has 0 fully saturated rings. The third-order valence-corrected chi connectivity index (χ3v) is 2.53. The minimum atomic E-state index is -0.744. The van der Waals surface area contributed by atoms with Crippen LogP contribution in [0.15, 0.2) is 42.5 Å². The number of rotatable bonds is 2. The monoisotopic (exact) mass is 252 g/mol. The molecule has 0 bridgehead atoms. The highest BCUT2D eigenvalue weighted by molar-refractivity contribution is 6.30. The summed E-state index contributed by atoms with van der Waals surface area (Å²) in [4.78, 5) is 11.9. The molecule has 86 valence electrons. The van der Waals surface area contributed by atoms with Crippen LogP contribution in [0, 0.1) is 11.6 Å². The zero-order chi connectivity index (χ0) is 12.4. The van der Waals surface area contributed by atoms with E-state index in [0.717, 1.165) is 18.2 Å². The van der Waals surface area contributed by atoms with Crippen LogP contribution < -0.4 is 0 Å². The van der Waals surface area contributed by atoms with E-state index in [-0.39, 0.29) is 11.1 Å². The molecular weight excluding hydrogens is 246 g/mol. The van der Waals surface area contributed by atoms with E-state index >= 15 is 0 Å². The van der Waals surface area contributed by atoms with Crippen LogP contribution in [0.5, 0.6) is 0 Å². The number of hydrogen-bond donors (Lipinski definition) is 0. The van der Waals surface area contributed by atoms with Crippen molar-refractivity contribution in [2.24, 2.45) is 0 Å². The van der Waals surface area contributed by atoms with E-state index < -0.39 is 17.4 Å². The number of ketones is 1. The van der Waals surface area contributed by atoms with Crippen molar-refractivity contribution in [3.63, 3.8) is 0 Å². The summed E-state index contributed by atoms with van der Waals surface area (Å²) in [5.41, 5.74) is -0.0220. The van der Waals surface area contributed by atoms with Crippen LogP contribution >= 0.6 is 11.6 Å². The Balaban J connectivity index is 2.43. The molecule has 0 saturated heterocycles. The van der Waals surface area contributed by atoms with Gasteiger partial charge < -0.3 is 0 Å². The fourth-order valence-corrected chi connectivity index (χ4v) is 1.55. The van der Waals surface area contributed by atoms with E-state index in [1.54, 1.807) is 0 Å². The van der Waals surface area contributed by atoms with Crippen LogP contribution in [-0.2, 0) is 0 Å². The predicted molar refractivity (Wildman–Crippen MR) is 61.2 cm³/mol. The molecule has 0 aliphatic carbocycles. The minimum Gasteiger partial charge on any atom is -0.288 e. The first kappa shape index (κ1) is 11.7. The summed E-state index contributed by atoms with van der Waals surface area (Å²) in [6.45, 7) is 0. The molecule has 0 radical (unpaired) electrons. The van der Waals surface area contributed by atoms with Gasteiger partial charge in [-0.05, 0) is 42.5 Å². The normalized spacial score (nSPS) is 10.3. The van der Waals surface area contributed by atoms with E-state index in [1.807, 2.05) is 0 Å². The molecule has 0 atom stereocenters. The lowest BCUT2D eigenvalue weighted by molar-refractivity contribution is 0.103. The molecule has 0 amide bonds. The van der Waals surface area contributed by atoms with Gasteiger partial charge in [-0.1, -0.05) is 11.6 Å². The Morgan fingerprint density at radius 1 is 1.00 bits per heavy atom. The van der Waals surface area contributed by atoms with Crippen LogP contribution in [-0.4, -0.2) is 5.78 Å². The van der Waals surface area contributed by atoms with Crippen molar-refractivity contribution in [3.8, 4) is 0 Å². The fourth-order valence-electron chi connectivity index (χ4n) is 1.43. The number of hydrogen-bond acceptors (Lipinski definition) is 1. The van der Waals surface area contributed by atoms with Crippen LogP contribution in [0.25, 0.3) is 0 Å². The van der Waals surface area contributed by atoms with Gasteiger partial charge in [0, 0.05) is 10.6 Å². The van der Waals surface area contributed by atoms with Gasteiger partial charge in [-0.25, -0.2) is 8.78 Å². The summed E-state index contributed by atoms with van der Waals surface area (Å²) < 4.78 is 26.3. The van der Waals surface area contributed by atoms with Gasteiger partial charge in [0.2, 0.25) is 0 Å². The first-order valence-corrected chi connectivity index (χ1v) is 5.21. The molecule has 0 saturated carbocycles. The summed E-state index contributed by atoms with van der Waals surface area (Å²) in [7, 11) is 0. The zero-order valence-electron chi connectivity index (χ0n) is 8.58. The molecule has 4 heteroatoms. The van der Waals surface area contributed by atoms with Crippen LogP contribution in [0.4, 0.5) is 8.78 Å². The summed E-state index contributed by atoms with van der Waals surface area (Å²) in [6, 6.07) is 8.75. The SMILES string of the molecule is O=C(c1ccc(Cl)cc1)c1cc(F)ccc1F. The minimum absolute atomic E-state index is 0.263. The van der Waals surface area contributed by atoms with Gasteiger partial charge in [0.1, 0.15) is 11.6 Å². The fraction of sp³-hybridized carbons (Fsp3) is 0. The molecule has 2 aromatic carbocycles. The molecule has 0 N–H and O–H groups in total. The van der Waals surface area contributed by atoms with Crippen molar-refractivity contribution < 1.29 is 13.6 Å². The van der Waals surface area contributed by atoms with Gasteiger partial charge in [0.05, 0.1) is 5.56 Å². The second kappa shape index (κ2) is 4.63. The Bertz CT molecular complexity index is 564. The quantitative estimate of drug-likeness (QED) is 0.742. The van der Waals surface area contributed by atoms with E-state index in [2.05, 4.69) is 0 Å². The standard InChI is InChI=1S/C13H7ClF2O/c14-9-3-1-8(2-4-9)13(17)11-7-10(15)5-6-12(11)16/h1-7H. The number of benzene rings is 2. The zero-order valence-corrected chi connectivity index (χ0v) is 9.34. The Hall–Kier alpha value is -1.74. The molecule has 0 spiro atoms. The van der Waals surface area contributed by atoms with E-state index in [0.29, 0.717) is 5.02 Å². The smallest absolute Gasteiger partial charge is 0.196 e. The molecular formula is C13H7ClF2O. The van der Waals surface area contributed by atoms with Crippen molar-refractivity contribution in [1.29, 1.82) is 0 Å². The maximum atomic E-state index is 13.4. The molecule has 0 aromatic heterocycles. The average Bonchev–Trinajstić information content (AvgIpc) is 2.32. The molecule has 1 nitrogen and oxygen atoms in total. The highest BCUT2D eigenvalue weighted by Gasteiger charge is 2.14. The van der Waals surface area contributed by atoms with Crippen LogP contribution in [0.2, 0.25) is 5.02 Å². The average molecular weight is 253 g/mol. The van der Waals surface area contributed by atoms with Gasteiger partial charge in [-0.15, -0.1) is 0 Å². The Labute approximate surface area is 102 Å². The molecule has 17 heavy (non-hydrogen) atoms. The molecule has 2 aromatic rings. The van der Waals surface area contributed by atoms with Crippen molar-refractivity contribution in [3.05, 3.63) is 70.2 Å². The van der Waals surface area contributed by atoms with E-state index in [9.17, 15) is 13.6 Å². The molecule has 0 heterocycles. The van der Waals surface area contributed by atoms with Crippen molar-refractivity contribution in [1.82, 2.24) is 0 Å². The lowest BCUT2D eigenvalue weighted by atomic mass is 10.0. The Morgan fingerprint density at radius 3 is 2.29 bits per heavy atom. The van der Waals surface area contributed by atoms with E-state index in [4.69, 9.17) is 11.6 Å². The Kier molecular flexibility index (Phi) is 3.20. The van der Waals surface area contributed by atoms with Gasteiger partial charge in [-0.2, -0.15) is 0 Å². The first-order valence-electron chi connectivity index (χ1n) is 4.83. The predicted octanol–water partition coefficient (Wildman–Crippen LogP) is 3.85. The largest absolute Gasteiger partial charge is 0.288 e. The highest BCUT2D eigenvalue weighted by Crippen LogP contribution is 2.17.